The lowest BCUT2D eigenvalue weighted by atomic mass is 10.3. The number of hydrogen-bond donors (Lipinski definition) is 0. The Morgan fingerprint density at radius 3 is 2.80 bits per heavy atom. The molecule has 0 fully saturated rings. The molecule has 2 aromatic heterocycles. The van der Waals surface area contributed by atoms with Crippen molar-refractivity contribution in [1.29, 1.82) is 0 Å². The molecule has 0 radical (unpaired) electrons. The molecular weight excluding hydrogens is 274 g/mol. The molecular formula is C13H15N5OS. The fraction of sp³-hybridized carbons (Fsp3) is 0.308. The zero-order valence-corrected chi connectivity index (χ0v) is 12.4. The van der Waals surface area contributed by atoms with Gasteiger partial charge in [0.05, 0.1) is 17.1 Å². The van der Waals surface area contributed by atoms with Crippen LogP contribution in [-0.2, 0) is 0 Å². The standard InChI is InChI=1S/C13H15N5OS/c1-4-18(13(19)12-10(3)15-17-20-12)16-9(2)11-7-5-6-8-14-11/h5-8H,4H2,1-3H3/b16-9+. The number of aryl methyl sites for hydroxylation is 1. The number of pyridine rings is 1. The Hall–Kier alpha value is -2.15. The topological polar surface area (TPSA) is 71.3 Å². The number of nitrogens with zero attached hydrogens (tertiary/aromatic N) is 5. The average molecular weight is 289 g/mol. The normalized spacial score (nSPS) is 11.4. The second-order valence-electron chi connectivity index (χ2n) is 4.11. The maximum atomic E-state index is 12.4. The minimum atomic E-state index is -0.185. The summed E-state index contributed by atoms with van der Waals surface area (Å²) in [5, 5.41) is 9.61. The van der Waals surface area contributed by atoms with Gasteiger partial charge in [-0.2, -0.15) is 5.10 Å². The summed E-state index contributed by atoms with van der Waals surface area (Å²) in [7, 11) is 0. The molecule has 0 unspecified atom stereocenters. The molecule has 1 amide bonds. The number of hydrazone groups is 1. The highest BCUT2D eigenvalue weighted by molar-refractivity contribution is 7.07. The second kappa shape index (κ2) is 6.33. The molecule has 2 aromatic rings. The van der Waals surface area contributed by atoms with Crippen LogP contribution in [0.1, 0.15) is 34.9 Å². The molecule has 7 heteroatoms. The van der Waals surface area contributed by atoms with Gasteiger partial charge in [-0.05, 0) is 44.4 Å². The molecule has 0 saturated heterocycles. The Morgan fingerprint density at radius 1 is 1.45 bits per heavy atom. The number of amides is 1. The van der Waals surface area contributed by atoms with Crippen molar-refractivity contribution in [3.05, 3.63) is 40.7 Å². The number of carbonyl (C=O) groups is 1. The monoisotopic (exact) mass is 289 g/mol. The molecule has 0 aromatic carbocycles. The Bertz CT molecular complexity index is 623. The van der Waals surface area contributed by atoms with E-state index < -0.39 is 0 Å². The van der Waals surface area contributed by atoms with E-state index in [9.17, 15) is 4.79 Å². The van der Waals surface area contributed by atoms with Crippen LogP contribution in [0, 0.1) is 6.92 Å². The zero-order chi connectivity index (χ0) is 14.5. The third-order valence-corrected chi connectivity index (χ3v) is 3.50. The summed E-state index contributed by atoms with van der Waals surface area (Å²) >= 11 is 1.09. The predicted molar refractivity (Wildman–Crippen MR) is 77.8 cm³/mol. The Balaban J connectivity index is 2.25. The molecule has 0 bridgehead atoms. The second-order valence-corrected chi connectivity index (χ2v) is 4.86. The van der Waals surface area contributed by atoms with Crippen LogP contribution in [0.4, 0.5) is 0 Å². The summed E-state index contributed by atoms with van der Waals surface area (Å²) in [6, 6.07) is 5.58. The van der Waals surface area contributed by atoms with Gasteiger partial charge in [-0.15, -0.1) is 5.10 Å². The van der Waals surface area contributed by atoms with E-state index in [1.807, 2.05) is 32.0 Å². The molecule has 0 atom stereocenters. The first-order valence-corrected chi connectivity index (χ1v) is 6.98. The van der Waals surface area contributed by atoms with E-state index in [1.165, 1.54) is 5.01 Å². The molecule has 2 heterocycles. The third kappa shape index (κ3) is 3.05. The summed E-state index contributed by atoms with van der Waals surface area (Å²) in [4.78, 5) is 17.1. The quantitative estimate of drug-likeness (QED) is 0.638. The largest absolute Gasteiger partial charge is 0.287 e. The van der Waals surface area contributed by atoms with Gasteiger partial charge in [-0.3, -0.25) is 9.78 Å². The van der Waals surface area contributed by atoms with Gasteiger partial charge in [-0.1, -0.05) is 10.6 Å². The molecule has 0 aliphatic heterocycles. The predicted octanol–water partition coefficient (Wildman–Crippen LogP) is 2.13. The van der Waals surface area contributed by atoms with Crippen molar-refractivity contribution < 1.29 is 4.79 Å². The van der Waals surface area contributed by atoms with Crippen molar-refractivity contribution in [2.75, 3.05) is 6.54 Å². The van der Waals surface area contributed by atoms with Gasteiger partial charge in [0, 0.05) is 12.7 Å². The highest BCUT2D eigenvalue weighted by Gasteiger charge is 2.19. The van der Waals surface area contributed by atoms with Crippen LogP contribution >= 0.6 is 11.5 Å². The van der Waals surface area contributed by atoms with Gasteiger partial charge in [0.15, 0.2) is 0 Å². The molecule has 0 N–H and O–H groups in total. The van der Waals surface area contributed by atoms with Crippen LogP contribution in [-0.4, -0.2) is 37.7 Å². The maximum absolute atomic E-state index is 12.4. The first kappa shape index (κ1) is 14.3. The van der Waals surface area contributed by atoms with E-state index in [-0.39, 0.29) is 5.91 Å². The highest BCUT2D eigenvalue weighted by Crippen LogP contribution is 2.13. The number of aromatic nitrogens is 3. The van der Waals surface area contributed by atoms with Crippen molar-refractivity contribution in [3.63, 3.8) is 0 Å². The smallest absolute Gasteiger partial charge is 0.266 e. The molecule has 6 nitrogen and oxygen atoms in total. The van der Waals surface area contributed by atoms with Crippen LogP contribution in [0.25, 0.3) is 0 Å². The maximum Gasteiger partial charge on any atom is 0.287 e. The number of carbonyl (C=O) groups excluding carboxylic acids is 1. The fourth-order valence-electron chi connectivity index (χ4n) is 1.61. The summed E-state index contributed by atoms with van der Waals surface area (Å²) in [5.74, 6) is -0.185. The van der Waals surface area contributed by atoms with Gasteiger partial charge in [-0.25, -0.2) is 5.01 Å². The van der Waals surface area contributed by atoms with Crippen LogP contribution in [0.3, 0.4) is 0 Å². The molecule has 0 aliphatic rings. The lowest BCUT2D eigenvalue weighted by Crippen LogP contribution is -2.27. The van der Waals surface area contributed by atoms with Crippen LogP contribution in [0.5, 0.6) is 0 Å². The molecule has 104 valence electrons. The summed E-state index contributed by atoms with van der Waals surface area (Å²) in [5.41, 5.74) is 2.07. The average Bonchev–Trinajstić information content (AvgIpc) is 2.91. The molecule has 0 spiro atoms. The van der Waals surface area contributed by atoms with Gasteiger partial charge in [0.2, 0.25) is 0 Å². The van der Waals surface area contributed by atoms with Gasteiger partial charge < -0.3 is 0 Å². The van der Waals surface area contributed by atoms with E-state index in [0.29, 0.717) is 22.8 Å². The van der Waals surface area contributed by atoms with E-state index >= 15 is 0 Å². The van der Waals surface area contributed by atoms with E-state index in [4.69, 9.17) is 0 Å². The van der Waals surface area contributed by atoms with Gasteiger partial charge >= 0.3 is 0 Å². The third-order valence-electron chi connectivity index (χ3n) is 2.69. The molecule has 0 saturated carbocycles. The van der Waals surface area contributed by atoms with Crippen molar-refractivity contribution >= 4 is 23.2 Å². The number of hydrogen-bond acceptors (Lipinski definition) is 6. The lowest BCUT2D eigenvalue weighted by molar-refractivity contribution is 0.0773. The van der Waals surface area contributed by atoms with Crippen molar-refractivity contribution in [3.8, 4) is 0 Å². The Kier molecular flexibility index (Phi) is 4.52. The molecule has 20 heavy (non-hydrogen) atoms. The van der Waals surface area contributed by atoms with Crippen molar-refractivity contribution in [2.24, 2.45) is 5.10 Å². The van der Waals surface area contributed by atoms with Gasteiger partial charge in [0.25, 0.3) is 5.91 Å². The van der Waals surface area contributed by atoms with Crippen LogP contribution < -0.4 is 0 Å². The van der Waals surface area contributed by atoms with E-state index in [1.54, 1.807) is 13.1 Å². The van der Waals surface area contributed by atoms with Crippen molar-refractivity contribution in [1.82, 2.24) is 19.6 Å². The summed E-state index contributed by atoms with van der Waals surface area (Å²) in [6.07, 6.45) is 1.70. The summed E-state index contributed by atoms with van der Waals surface area (Å²) < 4.78 is 3.78. The lowest BCUT2D eigenvalue weighted by Gasteiger charge is -2.15. The van der Waals surface area contributed by atoms with Crippen molar-refractivity contribution in [2.45, 2.75) is 20.8 Å². The van der Waals surface area contributed by atoms with Gasteiger partial charge in [0.1, 0.15) is 4.88 Å². The first-order chi connectivity index (χ1) is 9.63. The van der Waals surface area contributed by atoms with E-state index in [0.717, 1.165) is 17.2 Å². The van der Waals surface area contributed by atoms with E-state index in [2.05, 4.69) is 19.7 Å². The fourth-order valence-corrected chi connectivity index (χ4v) is 2.22. The zero-order valence-electron chi connectivity index (χ0n) is 11.6. The Morgan fingerprint density at radius 2 is 2.25 bits per heavy atom. The first-order valence-electron chi connectivity index (χ1n) is 6.21. The SMILES string of the molecule is CCN(/N=C(\C)c1ccccn1)C(=O)c1snnc1C. The highest BCUT2D eigenvalue weighted by atomic mass is 32.1. The Labute approximate surface area is 121 Å². The molecule has 2 rings (SSSR count). The molecule has 0 aliphatic carbocycles. The number of rotatable bonds is 4. The minimum absolute atomic E-state index is 0.185. The summed E-state index contributed by atoms with van der Waals surface area (Å²) in [6.45, 7) is 5.94. The van der Waals surface area contributed by atoms with Crippen LogP contribution in [0.15, 0.2) is 29.5 Å². The van der Waals surface area contributed by atoms with Crippen LogP contribution in [0.2, 0.25) is 0 Å². The minimum Gasteiger partial charge on any atom is -0.266 e.